The van der Waals surface area contributed by atoms with E-state index in [2.05, 4.69) is 0 Å². The van der Waals surface area contributed by atoms with Gasteiger partial charge in [-0.25, -0.2) is 0 Å². The van der Waals surface area contributed by atoms with Crippen molar-refractivity contribution in [2.24, 2.45) is 0 Å². The average Bonchev–Trinajstić information content (AvgIpc) is 2.44. The fourth-order valence-corrected chi connectivity index (χ4v) is 3.19. The molecule has 2 atom stereocenters. The van der Waals surface area contributed by atoms with Crippen molar-refractivity contribution < 1.29 is 9.90 Å². The van der Waals surface area contributed by atoms with Crippen molar-refractivity contribution in [3.63, 3.8) is 0 Å². The van der Waals surface area contributed by atoms with E-state index in [0.717, 1.165) is 18.4 Å². The van der Waals surface area contributed by atoms with Gasteiger partial charge in [0.2, 0.25) is 5.91 Å². The molecule has 0 saturated carbocycles. The fourth-order valence-electron chi connectivity index (χ4n) is 2.87. The molecule has 1 fully saturated rings. The molecule has 0 spiro atoms. The molecule has 4 nitrogen and oxygen atoms in total. The second-order valence-electron chi connectivity index (χ2n) is 6.05. The first-order valence-corrected chi connectivity index (χ1v) is 8.20. The number of piperidine rings is 1. The molecule has 0 radical (unpaired) electrons. The Morgan fingerprint density at radius 3 is 2.73 bits per heavy atom. The summed E-state index contributed by atoms with van der Waals surface area (Å²) in [5.41, 5.74) is 0.836. The van der Waals surface area contributed by atoms with Gasteiger partial charge in [-0.1, -0.05) is 29.3 Å². The normalized spacial score (nSPS) is 22.2. The molecule has 0 bridgehead atoms. The van der Waals surface area contributed by atoms with Crippen molar-refractivity contribution in [1.29, 1.82) is 0 Å². The van der Waals surface area contributed by atoms with E-state index in [1.54, 1.807) is 17.0 Å². The lowest BCUT2D eigenvalue weighted by atomic mass is 9.97. The Morgan fingerprint density at radius 2 is 2.09 bits per heavy atom. The molecule has 1 aromatic rings. The van der Waals surface area contributed by atoms with Crippen LogP contribution in [0.1, 0.15) is 18.4 Å². The van der Waals surface area contributed by atoms with Gasteiger partial charge in [0, 0.05) is 13.1 Å². The predicted octanol–water partition coefficient (Wildman–Crippen LogP) is 2.45. The lowest BCUT2D eigenvalue weighted by Crippen LogP contribution is -2.55. The van der Waals surface area contributed by atoms with Crippen molar-refractivity contribution in [3.8, 4) is 0 Å². The zero-order valence-electron chi connectivity index (χ0n) is 12.9. The maximum Gasteiger partial charge on any atom is 0.227 e. The number of rotatable bonds is 4. The number of aliphatic hydroxyl groups excluding tert-OH is 1. The molecule has 0 unspecified atom stereocenters. The van der Waals surface area contributed by atoms with Crippen LogP contribution in [0.2, 0.25) is 10.0 Å². The number of likely N-dealkylation sites (N-methyl/N-ethyl adjacent to an activating group) is 1. The van der Waals surface area contributed by atoms with Crippen LogP contribution in [-0.4, -0.2) is 60.1 Å². The Bertz CT molecular complexity index is 537. The summed E-state index contributed by atoms with van der Waals surface area (Å²) in [6, 6.07) is 5.09. The zero-order valence-corrected chi connectivity index (χ0v) is 14.4. The van der Waals surface area contributed by atoms with Gasteiger partial charge in [-0.05, 0) is 44.6 Å². The standard InChI is InChI=1S/C16H22Cl2N2O2/c1-19(2)10-14-15(21)4-3-7-20(14)16(22)9-11-5-6-12(17)13(18)8-11/h5-6,8,14-15,21H,3-4,7,9-10H2,1-2H3/t14-,15+/m0/s1. The SMILES string of the molecule is CN(C)C[C@H]1[C@H](O)CCCN1C(=O)Cc1ccc(Cl)c(Cl)c1. The Balaban J connectivity index is 2.09. The lowest BCUT2D eigenvalue weighted by Gasteiger charge is -2.40. The quantitative estimate of drug-likeness (QED) is 0.912. The minimum Gasteiger partial charge on any atom is -0.391 e. The van der Waals surface area contributed by atoms with E-state index in [0.29, 0.717) is 23.1 Å². The molecule has 1 aromatic carbocycles. The molecular weight excluding hydrogens is 323 g/mol. The van der Waals surface area contributed by atoms with E-state index in [9.17, 15) is 9.90 Å². The highest BCUT2D eigenvalue weighted by molar-refractivity contribution is 6.42. The molecule has 0 aromatic heterocycles. The number of nitrogens with zero attached hydrogens (tertiary/aromatic N) is 2. The third-order valence-electron chi connectivity index (χ3n) is 3.96. The fraction of sp³-hybridized carbons (Fsp3) is 0.562. The van der Waals surface area contributed by atoms with Gasteiger partial charge in [-0.15, -0.1) is 0 Å². The monoisotopic (exact) mass is 344 g/mol. The molecular formula is C16H22Cl2N2O2. The van der Waals surface area contributed by atoms with Crippen molar-refractivity contribution in [1.82, 2.24) is 9.80 Å². The molecule has 1 N–H and O–H groups in total. The maximum atomic E-state index is 12.6. The number of benzene rings is 1. The van der Waals surface area contributed by atoms with Gasteiger partial charge in [0.05, 0.1) is 28.6 Å². The van der Waals surface area contributed by atoms with Crippen molar-refractivity contribution in [2.75, 3.05) is 27.2 Å². The first kappa shape index (κ1) is 17.5. The second-order valence-corrected chi connectivity index (χ2v) is 6.87. The number of hydrogen-bond acceptors (Lipinski definition) is 3. The number of carbonyl (C=O) groups excluding carboxylic acids is 1. The Hall–Kier alpha value is -0.810. The number of halogens is 2. The van der Waals surface area contributed by atoms with Crippen molar-refractivity contribution in [2.45, 2.75) is 31.4 Å². The number of aliphatic hydroxyl groups is 1. The third-order valence-corrected chi connectivity index (χ3v) is 4.69. The molecule has 1 heterocycles. The predicted molar refractivity (Wildman–Crippen MR) is 89.5 cm³/mol. The molecule has 2 rings (SSSR count). The minimum atomic E-state index is -0.464. The van der Waals surface area contributed by atoms with Gasteiger partial charge in [-0.3, -0.25) is 4.79 Å². The summed E-state index contributed by atoms with van der Waals surface area (Å²) >= 11 is 11.9. The van der Waals surface area contributed by atoms with Crippen LogP contribution in [0.5, 0.6) is 0 Å². The first-order chi connectivity index (χ1) is 10.4. The van der Waals surface area contributed by atoms with Gasteiger partial charge in [0.1, 0.15) is 0 Å². The molecule has 6 heteroatoms. The highest BCUT2D eigenvalue weighted by atomic mass is 35.5. The number of likely N-dealkylation sites (tertiary alicyclic amines) is 1. The highest BCUT2D eigenvalue weighted by Gasteiger charge is 2.33. The van der Waals surface area contributed by atoms with E-state index < -0.39 is 6.10 Å². The summed E-state index contributed by atoms with van der Waals surface area (Å²) < 4.78 is 0. The average molecular weight is 345 g/mol. The molecule has 122 valence electrons. The van der Waals surface area contributed by atoms with Crippen LogP contribution in [0.4, 0.5) is 0 Å². The maximum absolute atomic E-state index is 12.6. The van der Waals surface area contributed by atoms with Crippen LogP contribution < -0.4 is 0 Å². The van der Waals surface area contributed by atoms with E-state index in [1.807, 2.05) is 25.1 Å². The Kier molecular flexibility index (Phi) is 6.09. The van der Waals surface area contributed by atoms with Crippen molar-refractivity contribution in [3.05, 3.63) is 33.8 Å². The van der Waals surface area contributed by atoms with Gasteiger partial charge in [0.25, 0.3) is 0 Å². The third kappa shape index (κ3) is 4.35. The smallest absolute Gasteiger partial charge is 0.227 e. The summed E-state index contributed by atoms with van der Waals surface area (Å²) in [5.74, 6) is 0.0176. The highest BCUT2D eigenvalue weighted by Crippen LogP contribution is 2.24. The Morgan fingerprint density at radius 1 is 1.36 bits per heavy atom. The summed E-state index contributed by atoms with van der Waals surface area (Å²) in [6.45, 7) is 1.35. The van der Waals surface area contributed by atoms with Crippen LogP contribution in [0.25, 0.3) is 0 Å². The summed E-state index contributed by atoms with van der Waals surface area (Å²) in [5, 5.41) is 11.2. The number of amides is 1. The van der Waals surface area contributed by atoms with Gasteiger partial charge < -0.3 is 14.9 Å². The largest absolute Gasteiger partial charge is 0.391 e. The van der Waals surface area contributed by atoms with E-state index in [1.165, 1.54) is 0 Å². The lowest BCUT2D eigenvalue weighted by molar-refractivity contribution is -0.138. The molecule has 1 aliphatic rings. The summed E-state index contributed by atoms with van der Waals surface area (Å²) in [7, 11) is 3.89. The first-order valence-electron chi connectivity index (χ1n) is 7.44. The minimum absolute atomic E-state index is 0.0176. The zero-order chi connectivity index (χ0) is 16.3. The number of hydrogen-bond donors (Lipinski definition) is 1. The molecule has 1 aliphatic heterocycles. The van der Waals surface area contributed by atoms with Crippen LogP contribution in [0.15, 0.2) is 18.2 Å². The molecule has 0 aliphatic carbocycles. The van der Waals surface area contributed by atoms with Gasteiger partial charge in [0.15, 0.2) is 0 Å². The molecule has 1 saturated heterocycles. The molecule has 1 amide bonds. The van der Waals surface area contributed by atoms with Crippen molar-refractivity contribution >= 4 is 29.1 Å². The van der Waals surface area contributed by atoms with E-state index in [4.69, 9.17) is 23.2 Å². The van der Waals surface area contributed by atoms with E-state index >= 15 is 0 Å². The van der Waals surface area contributed by atoms with Crippen LogP contribution >= 0.6 is 23.2 Å². The molecule has 22 heavy (non-hydrogen) atoms. The topological polar surface area (TPSA) is 43.8 Å². The van der Waals surface area contributed by atoms with Crippen LogP contribution in [0, 0.1) is 0 Å². The van der Waals surface area contributed by atoms with Gasteiger partial charge >= 0.3 is 0 Å². The summed E-state index contributed by atoms with van der Waals surface area (Å²) in [4.78, 5) is 16.4. The van der Waals surface area contributed by atoms with E-state index in [-0.39, 0.29) is 18.4 Å². The second kappa shape index (κ2) is 7.64. The number of carbonyl (C=O) groups is 1. The van der Waals surface area contributed by atoms with Crippen LogP contribution in [-0.2, 0) is 11.2 Å². The van der Waals surface area contributed by atoms with Crippen LogP contribution in [0.3, 0.4) is 0 Å². The van der Waals surface area contributed by atoms with Gasteiger partial charge in [-0.2, -0.15) is 0 Å². The summed E-state index contributed by atoms with van der Waals surface area (Å²) in [6.07, 6.45) is 1.38. The Labute approximate surface area is 141 Å².